The van der Waals surface area contributed by atoms with Gasteiger partial charge in [0.1, 0.15) is 16.7 Å². The number of anilines is 1. The molecule has 0 radical (unpaired) electrons. The second kappa shape index (κ2) is 7.73. The highest BCUT2D eigenvalue weighted by molar-refractivity contribution is 7.89. The van der Waals surface area contributed by atoms with Crippen molar-refractivity contribution in [3.05, 3.63) is 40.8 Å². The van der Waals surface area contributed by atoms with Crippen LogP contribution in [0.4, 0.5) is 5.69 Å². The van der Waals surface area contributed by atoms with Crippen LogP contribution in [0.3, 0.4) is 0 Å². The van der Waals surface area contributed by atoms with Gasteiger partial charge in [-0.3, -0.25) is 4.79 Å². The van der Waals surface area contributed by atoms with E-state index in [1.165, 1.54) is 11.2 Å². The van der Waals surface area contributed by atoms with E-state index < -0.39 is 10.0 Å². The number of aryl methyl sites for hydroxylation is 2. The second-order valence-electron chi connectivity index (χ2n) is 6.80. The molecule has 0 amide bonds. The van der Waals surface area contributed by atoms with E-state index in [2.05, 4.69) is 11.2 Å². The first-order valence-corrected chi connectivity index (χ1v) is 10.4. The molecular formula is C19H22N4O4S. The van der Waals surface area contributed by atoms with E-state index in [1.807, 2.05) is 4.90 Å². The van der Waals surface area contributed by atoms with Crippen molar-refractivity contribution < 1.29 is 17.7 Å². The predicted molar refractivity (Wildman–Crippen MR) is 103 cm³/mol. The number of rotatable bonds is 4. The number of hydrogen-bond acceptors (Lipinski definition) is 7. The number of Topliss-reactive ketones (excluding diaryl/α,β-unsaturated/α-hetero) is 1. The first kappa shape index (κ1) is 20.0. The van der Waals surface area contributed by atoms with Crippen molar-refractivity contribution >= 4 is 21.5 Å². The minimum absolute atomic E-state index is 0.0804. The van der Waals surface area contributed by atoms with E-state index in [-0.39, 0.29) is 23.0 Å². The summed E-state index contributed by atoms with van der Waals surface area (Å²) in [6.07, 6.45) is 0.595. The lowest BCUT2D eigenvalue weighted by Gasteiger charge is -2.24. The summed E-state index contributed by atoms with van der Waals surface area (Å²) in [4.78, 5) is 13.8. The van der Waals surface area contributed by atoms with Crippen LogP contribution in [0, 0.1) is 25.2 Å². The zero-order valence-electron chi connectivity index (χ0n) is 16.1. The van der Waals surface area contributed by atoms with Crippen LogP contribution in [0.5, 0.6) is 0 Å². The Morgan fingerprint density at radius 2 is 1.96 bits per heavy atom. The van der Waals surface area contributed by atoms with E-state index >= 15 is 0 Å². The second-order valence-corrected chi connectivity index (χ2v) is 8.67. The predicted octanol–water partition coefficient (Wildman–Crippen LogP) is 2.27. The number of hydrogen-bond donors (Lipinski definition) is 0. The summed E-state index contributed by atoms with van der Waals surface area (Å²) in [5, 5.41) is 13.2. The number of benzene rings is 1. The van der Waals surface area contributed by atoms with Gasteiger partial charge in [0.25, 0.3) is 0 Å². The quantitative estimate of drug-likeness (QED) is 0.722. The number of ketones is 1. The first-order valence-electron chi connectivity index (χ1n) is 8.98. The van der Waals surface area contributed by atoms with Crippen LogP contribution >= 0.6 is 0 Å². The van der Waals surface area contributed by atoms with Gasteiger partial charge in [-0.05, 0) is 45.4 Å². The van der Waals surface area contributed by atoms with Crippen molar-refractivity contribution in [2.75, 3.05) is 31.1 Å². The van der Waals surface area contributed by atoms with Crippen molar-refractivity contribution in [1.82, 2.24) is 9.46 Å². The molecule has 1 aromatic heterocycles. The summed E-state index contributed by atoms with van der Waals surface area (Å²) in [5.74, 6) is 0.197. The van der Waals surface area contributed by atoms with Gasteiger partial charge < -0.3 is 9.42 Å². The van der Waals surface area contributed by atoms with Crippen molar-refractivity contribution in [2.45, 2.75) is 32.1 Å². The Labute approximate surface area is 164 Å². The lowest BCUT2D eigenvalue weighted by atomic mass is 10.1. The highest BCUT2D eigenvalue weighted by Crippen LogP contribution is 2.27. The number of nitrogens with zero attached hydrogens (tertiary/aromatic N) is 4. The third-order valence-corrected chi connectivity index (χ3v) is 7.03. The molecule has 0 bridgehead atoms. The van der Waals surface area contributed by atoms with Crippen LogP contribution in [0.1, 0.15) is 40.7 Å². The Kier molecular flexibility index (Phi) is 5.54. The van der Waals surface area contributed by atoms with Gasteiger partial charge in [0.05, 0.1) is 11.3 Å². The smallest absolute Gasteiger partial charge is 0.248 e. The van der Waals surface area contributed by atoms with Crippen LogP contribution in [0.15, 0.2) is 27.6 Å². The Morgan fingerprint density at radius 3 is 2.57 bits per heavy atom. The molecule has 0 aliphatic carbocycles. The van der Waals surface area contributed by atoms with E-state index in [1.54, 1.807) is 32.0 Å². The number of sulfonamides is 1. The van der Waals surface area contributed by atoms with Gasteiger partial charge in [0, 0.05) is 31.7 Å². The largest absolute Gasteiger partial charge is 0.369 e. The van der Waals surface area contributed by atoms with Crippen LogP contribution in [0.25, 0.3) is 0 Å². The third-order valence-electron chi connectivity index (χ3n) is 4.89. The minimum Gasteiger partial charge on any atom is -0.369 e. The first-order chi connectivity index (χ1) is 13.3. The average molecular weight is 402 g/mol. The van der Waals surface area contributed by atoms with E-state index in [0.717, 1.165) is 0 Å². The Balaban J connectivity index is 1.88. The van der Waals surface area contributed by atoms with Gasteiger partial charge in [0.15, 0.2) is 11.5 Å². The highest BCUT2D eigenvalue weighted by Gasteiger charge is 2.32. The zero-order chi connectivity index (χ0) is 20.5. The summed E-state index contributed by atoms with van der Waals surface area (Å²) < 4.78 is 32.6. The van der Waals surface area contributed by atoms with Crippen LogP contribution in [0.2, 0.25) is 0 Å². The van der Waals surface area contributed by atoms with Gasteiger partial charge in [-0.1, -0.05) is 5.16 Å². The monoisotopic (exact) mass is 402 g/mol. The molecule has 0 saturated carbocycles. The fourth-order valence-corrected chi connectivity index (χ4v) is 5.21. The Morgan fingerprint density at radius 1 is 1.21 bits per heavy atom. The zero-order valence-corrected chi connectivity index (χ0v) is 16.9. The molecule has 1 aromatic carbocycles. The molecule has 1 saturated heterocycles. The number of carbonyl (C=O) groups excluding carboxylic acids is 1. The van der Waals surface area contributed by atoms with Gasteiger partial charge in [-0.2, -0.15) is 9.57 Å². The standard InChI is InChI=1S/C19H22N4O4S/c1-13-19(15(3)27-21-13)28(25,26)23-8-4-7-22(9-10-23)18-11-16(14(2)24)5-6-17(18)12-20/h5-6,11H,4,7-10H2,1-3H3. The van der Waals surface area contributed by atoms with Gasteiger partial charge >= 0.3 is 0 Å². The van der Waals surface area contributed by atoms with Crippen LogP contribution in [-0.2, 0) is 10.0 Å². The fraction of sp³-hybridized carbons (Fsp3) is 0.421. The summed E-state index contributed by atoms with van der Waals surface area (Å²) >= 11 is 0. The molecule has 2 aromatic rings. The Hall–Kier alpha value is -2.70. The van der Waals surface area contributed by atoms with Crippen LogP contribution in [-0.4, -0.2) is 49.8 Å². The summed E-state index contributed by atoms with van der Waals surface area (Å²) in [7, 11) is -3.71. The van der Waals surface area contributed by atoms with Crippen LogP contribution < -0.4 is 4.90 Å². The van der Waals surface area contributed by atoms with E-state index in [4.69, 9.17) is 4.52 Å². The summed E-state index contributed by atoms with van der Waals surface area (Å²) in [6, 6.07) is 7.13. The minimum atomic E-state index is -3.71. The normalized spacial score (nSPS) is 15.9. The SMILES string of the molecule is CC(=O)c1ccc(C#N)c(N2CCCN(S(=O)(=O)c3c(C)noc3C)CC2)c1. The molecule has 1 aliphatic heterocycles. The molecule has 0 unspecified atom stereocenters. The van der Waals surface area contributed by atoms with Crippen molar-refractivity contribution in [3.8, 4) is 6.07 Å². The molecule has 0 spiro atoms. The fourth-order valence-electron chi connectivity index (χ4n) is 3.45. The maximum absolute atomic E-state index is 13.1. The topological polar surface area (TPSA) is 108 Å². The van der Waals surface area contributed by atoms with Gasteiger partial charge in [-0.15, -0.1) is 0 Å². The van der Waals surface area contributed by atoms with E-state index in [0.29, 0.717) is 48.6 Å². The molecule has 148 valence electrons. The molecular weight excluding hydrogens is 380 g/mol. The Bertz CT molecular complexity index is 1030. The van der Waals surface area contributed by atoms with Crippen molar-refractivity contribution in [2.24, 2.45) is 0 Å². The lowest BCUT2D eigenvalue weighted by molar-refractivity contribution is 0.101. The highest BCUT2D eigenvalue weighted by atomic mass is 32.2. The maximum atomic E-state index is 13.1. The number of aromatic nitrogens is 1. The summed E-state index contributed by atoms with van der Waals surface area (Å²) in [5.41, 5.74) is 2.00. The molecule has 8 nitrogen and oxygen atoms in total. The molecule has 1 aliphatic rings. The molecule has 0 atom stereocenters. The number of carbonyl (C=O) groups is 1. The molecule has 9 heteroatoms. The van der Waals surface area contributed by atoms with Gasteiger partial charge in [-0.25, -0.2) is 8.42 Å². The lowest BCUT2D eigenvalue weighted by Crippen LogP contribution is -2.35. The summed E-state index contributed by atoms with van der Waals surface area (Å²) in [6.45, 7) is 6.30. The van der Waals surface area contributed by atoms with Crippen molar-refractivity contribution in [1.29, 1.82) is 5.26 Å². The maximum Gasteiger partial charge on any atom is 0.248 e. The van der Waals surface area contributed by atoms with E-state index in [9.17, 15) is 18.5 Å². The van der Waals surface area contributed by atoms with Gasteiger partial charge in [0.2, 0.25) is 10.0 Å². The molecule has 1 fully saturated rings. The molecule has 28 heavy (non-hydrogen) atoms. The van der Waals surface area contributed by atoms with Crippen molar-refractivity contribution in [3.63, 3.8) is 0 Å². The molecule has 2 heterocycles. The molecule has 0 N–H and O–H groups in total. The number of nitriles is 1. The average Bonchev–Trinajstić information content (AvgIpc) is 2.86. The molecule has 3 rings (SSSR count). The third kappa shape index (κ3) is 3.66.